The van der Waals surface area contributed by atoms with E-state index in [9.17, 15) is 9.18 Å². The molecule has 6 heteroatoms. The number of likely N-dealkylation sites (N-methyl/N-ethyl adjacent to an activating group) is 1. The van der Waals surface area contributed by atoms with E-state index in [1.54, 1.807) is 18.5 Å². The van der Waals surface area contributed by atoms with Gasteiger partial charge in [-0.05, 0) is 68.7 Å². The molecule has 1 saturated heterocycles. The SMILES string of the molecule is CN(CC(=O)O)C1CCCN(Cc2ccc(-c3ccncc3)cc2F)CC1. The van der Waals surface area contributed by atoms with E-state index in [0.717, 1.165) is 43.5 Å². The molecule has 1 N–H and O–H groups in total. The Kier molecular flexibility index (Phi) is 6.53. The molecule has 1 aliphatic heterocycles. The van der Waals surface area contributed by atoms with Crippen molar-refractivity contribution in [1.82, 2.24) is 14.8 Å². The van der Waals surface area contributed by atoms with Crippen molar-refractivity contribution in [1.29, 1.82) is 0 Å². The van der Waals surface area contributed by atoms with Gasteiger partial charge in [-0.2, -0.15) is 0 Å². The molecule has 0 aliphatic carbocycles. The van der Waals surface area contributed by atoms with Gasteiger partial charge in [0.05, 0.1) is 6.54 Å². The first-order valence-corrected chi connectivity index (χ1v) is 9.36. The predicted octanol–water partition coefficient (Wildman–Crippen LogP) is 3.26. The Labute approximate surface area is 159 Å². The molecule has 2 aromatic rings. The molecule has 0 bridgehead atoms. The van der Waals surface area contributed by atoms with Crippen LogP contribution < -0.4 is 0 Å². The summed E-state index contributed by atoms with van der Waals surface area (Å²) >= 11 is 0. The highest BCUT2D eigenvalue weighted by molar-refractivity contribution is 5.69. The van der Waals surface area contributed by atoms with Crippen molar-refractivity contribution in [2.75, 3.05) is 26.7 Å². The van der Waals surface area contributed by atoms with E-state index < -0.39 is 5.97 Å². The summed E-state index contributed by atoms with van der Waals surface area (Å²) in [4.78, 5) is 19.1. The van der Waals surface area contributed by atoms with E-state index >= 15 is 0 Å². The van der Waals surface area contributed by atoms with Crippen LogP contribution in [0.25, 0.3) is 11.1 Å². The number of pyridine rings is 1. The van der Waals surface area contributed by atoms with E-state index in [1.165, 1.54) is 0 Å². The maximum Gasteiger partial charge on any atom is 0.317 e. The maximum atomic E-state index is 14.6. The molecule has 1 atom stereocenters. The lowest BCUT2D eigenvalue weighted by Crippen LogP contribution is -2.36. The monoisotopic (exact) mass is 371 g/mol. The van der Waals surface area contributed by atoms with E-state index in [1.807, 2.05) is 36.2 Å². The lowest BCUT2D eigenvalue weighted by molar-refractivity contribution is -0.138. The van der Waals surface area contributed by atoms with Gasteiger partial charge in [0.2, 0.25) is 0 Å². The Morgan fingerprint density at radius 2 is 2.00 bits per heavy atom. The van der Waals surface area contributed by atoms with Gasteiger partial charge in [0, 0.05) is 30.5 Å². The summed E-state index contributed by atoms with van der Waals surface area (Å²) in [5.41, 5.74) is 2.50. The summed E-state index contributed by atoms with van der Waals surface area (Å²) in [5.74, 6) is -0.983. The van der Waals surface area contributed by atoms with Gasteiger partial charge in [0.1, 0.15) is 5.82 Å². The molecule has 0 saturated carbocycles. The first-order chi connectivity index (χ1) is 13.0. The summed E-state index contributed by atoms with van der Waals surface area (Å²) < 4.78 is 14.6. The second kappa shape index (κ2) is 9.06. The van der Waals surface area contributed by atoms with Crippen LogP contribution in [0.2, 0.25) is 0 Å². The van der Waals surface area contributed by atoms with Crippen LogP contribution in [0.3, 0.4) is 0 Å². The lowest BCUT2D eigenvalue weighted by atomic mass is 10.0. The molecule has 2 heterocycles. The van der Waals surface area contributed by atoms with Crippen LogP contribution in [0.4, 0.5) is 4.39 Å². The maximum absolute atomic E-state index is 14.6. The fourth-order valence-corrected chi connectivity index (χ4v) is 3.72. The number of likely N-dealkylation sites (tertiary alicyclic amines) is 1. The van der Waals surface area contributed by atoms with Crippen LogP contribution in [0.5, 0.6) is 0 Å². The Morgan fingerprint density at radius 3 is 2.70 bits per heavy atom. The summed E-state index contributed by atoms with van der Waals surface area (Å²) in [6, 6.07) is 9.42. The average molecular weight is 371 g/mol. The minimum absolute atomic E-state index is 0.0652. The normalized spacial score (nSPS) is 18.4. The fourth-order valence-electron chi connectivity index (χ4n) is 3.72. The number of carboxylic acid groups (broad SMARTS) is 1. The zero-order chi connectivity index (χ0) is 19.2. The third kappa shape index (κ3) is 5.34. The number of halogens is 1. The summed E-state index contributed by atoms with van der Waals surface area (Å²) in [5, 5.41) is 8.97. The molecule has 1 aromatic heterocycles. The number of carboxylic acids is 1. The highest BCUT2D eigenvalue weighted by Gasteiger charge is 2.22. The quantitative estimate of drug-likeness (QED) is 0.845. The first kappa shape index (κ1) is 19.5. The van der Waals surface area contributed by atoms with Crippen LogP contribution in [0, 0.1) is 5.82 Å². The third-order valence-electron chi connectivity index (χ3n) is 5.26. The number of aromatic nitrogens is 1. The van der Waals surface area contributed by atoms with Crippen molar-refractivity contribution in [3.8, 4) is 11.1 Å². The smallest absolute Gasteiger partial charge is 0.317 e. The van der Waals surface area contributed by atoms with Crippen molar-refractivity contribution in [2.45, 2.75) is 31.8 Å². The molecule has 1 fully saturated rings. The molecule has 3 rings (SSSR count). The van der Waals surface area contributed by atoms with Crippen LogP contribution in [-0.4, -0.2) is 58.6 Å². The topological polar surface area (TPSA) is 56.7 Å². The Bertz CT molecular complexity index is 769. The molecular formula is C21H26FN3O2. The van der Waals surface area contributed by atoms with Gasteiger partial charge in [-0.3, -0.25) is 19.6 Å². The molecule has 1 unspecified atom stereocenters. The van der Waals surface area contributed by atoms with Crippen LogP contribution >= 0.6 is 0 Å². The number of hydrogen-bond acceptors (Lipinski definition) is 4. The number of rotatable bonds is 6. The second-order valence-electron chi connectivity index (χ2n) is 7.21. The summed E-state index contributed by atoms with van der Waals surface area (Å²) in [7, 11) is 1.87. The molecule has 0 amide bonds. The fraction of sp³-hybridized carbons (Fsp3) is 0.429. The molecule has 27 heavy (non-hydrogen) atoms. The minimum atomic E-state index is -0.796. The number of aliphatic carboxylic acids is 1. The lowest BCUT2D eigenvalue weighted by Gasteiger charge is -2.25. The van der Waals surface area contributed by atoms with Crippen molar-refractivity contribution >= 4 is 5.97 Å². The number of hydrogen-bond donors (Lipinski definition) is 1. The predicted molar refractivity (Wildman–Crippen MR) is 103 cm³/mol. The van der Waals surface area contributed by atoms with E-state index in [4.69, 9.17) is 5.11 Å². The van der Waals surface area contributed by atoms with Gasteiger partial charge < -0.3 is 5.11 Å². The highest BCUT2D eigenvalue weighted by atomic mass is 19.1. The zero-order valence-electron chi connectivity index (χ0n) is 15.6. The molecule has 1 aromatic carbocycles. The van der Waals surface area contributed by atoms with Crippen LogP contribution in [0.1, 0.15) is 24.8 Å². The first-order valence-electron chi connectivity index (χ1n) is 9.36. The average Bonchev–Trinajstić information content (AvgIpc) is 2.89. The molecule has 5 nitrogen and oxygen atoms in total. The Balaban J connectivity index is 1.61. The summed E-state index contributed by atoms with van der Waals surface area (Å²) in [6.07, 6.45) is 6.28. The number of nitrogens with zero attached hydrogens (tertiary/aromatic N) is 3. The van der Waals surface area contributed by atoms with Gasteiger partial charge in [-0.1, -0.05) is 12.1 Å². The van der Waals surface area contributed by atoms with Gasteiger partial charge in [0.25, 0.3) is 0 Å². The molecule has 1 aliphatic rings. The Hall–Kier alpha value is -2.31. The van der Waals surface area contributed by atoms with Crippen LogP contribution in [-0.2, 0) is 11.3 Å². The van der Waals surface area contributed by atoms with Crippen molar-refractivity contribution in [2.24, 2.45) is 0 Å². The van der Waals surface area contributed by atoms with Crippen molar-refractivity contribution < 1.29 is 14.3 Å². The largest absolute Gasteiger partial charge is 0.480 e. The van der Waals surface area contributed by atoms with Crippen LogP contribution in [0.15, 0.2) is 42.7 Å². The van der Waals surface area contributed by atoms with E-state index in [2.05, 4.69) is 9.88 Å². The molecule has 0 radical (unpaired) electrons. The van der Waals surface area contributed by atoms with E-state index in [-0.39, 0.29) is 18.4 Å². The number of carbonyl (C=O) groups is 1. The van der Waals surface area contributed by atoms with Crippen molar-refractivity contribution in [3.63, 3.8) is 0 Å². The molecular weight excluding hydrogens is 345 g/mol. The van der Waals surface area contributed by atoms with Gasteiger partial charge in [0.15, 0.2) is 0 Å². The molecule has 144 valence electrons. The number of benzene rings is 1. The Morgan fingerprint density at radius 1 is 1.22 bits per heavy atom. The third-order valence-corrected chi connectivity index (χ3v) is 5.26. The van der Waals surface area contributed by atoms with Gasteiger partial charge in [-0.15, -0.1) is 0 Å². The van der Waals surface area contributed by atoms with Gasteiger partial charge >= 0.3 is 5.97 Å². The van der Waals surface area contributed by atoms with Crippen molar-refractivity contribution in [3.05, 3.63) is 54.1 Å². The van der Waals surface area contributed by atoms with E-state index in [0.29, 0.717) is 12.1 Å². The zero-order valence-corrected chi connectivity index (χ0v) is 15.6. The second-order valence-corrected chi connectivity index (χ2v) is 7.21. The minimum Gasteiger partial charge on any atom is -0.480 e. The summed E-state index contributed by atoms with van der Waals surface area (Å²) in [6.45, 7) is 2.40. The highest BCUT2D eigenvalue weighted by Crippen LogP contribution is 2.23. The molecule has 0 spiro atoms. The standard InChI is InChI=1S/C21H26FN3O2/c1-24(15-21(26)27)19-3-2-11-25(12-8-19)14-18-5-4-17(13-20(18)22)16-6-9-23-10-7-16/h4-7,9-10,13,19H,2-3,8,11-12,14-15H2,1H3,(H,26,27). The van der Waals surface area contributed by atoms with Gasteiger partial charge in [-0.25, -0.2) is 4.39 Å².